The lowest BCUT2D eigenvalue weighted by atomic mass is 10.1. The van der Waals surface area contributed by atoms with Crippen LogP contribution in [0.4, 0.5) is 13.2 Å². The Hall–Kier alpha value is -2.15. The number of nitrogens with zero attached hydrogens (tertiary/aromatic N) is 2. The first kappa shape index (κ1) is 15.4. The minimum Gasteiger partial charge on any atom is -0.294 e. The fourth-order valence-electron chi connectivity index (χ4n) is 3.13. The highest BCUT2D eigenvalue weighted by Crippen LogP contribution is 2.34. The number of hydrogen-bond donors (Lipinski definition) is 0. The van der Waals surface area contributed by atoms with Crippen LogP contribution in [-0.4, -0.2) is 9.55 Å². The molecule has 3 nitrogen and oxygen atoms in total. The summed E-state index contributed by atoms with van der Waals surface area (Å²) >= 11 is 1.57. The monoisotopic (exact) mass is 350 g/mol. The molecule has 1 aromatic carbocycles. The quantitative estimate of drug-likeness (QED) is 0.700. The standard InChI is InChI=1S/C17H13F3N2OS/c18-17(19,20)11-6-4-10(5-7-11)8-22-9-21-15-14(16(22)23)12-2-1-3-13(12)24-15/h4-7,9H,1-3,8H2. The van der Waals surface area contributed by atoms with Crippen LogP contribution in [-0.2, 0) is 25.6 Å². The summed E-state index contributed by atoms with van der Waals surface area (Å²) in [5.41, 5.74) is 0.939. The SMILES string of the molecule is O=c1c2c3c(sc2ncn1Cc1ccc(C(F)(F)F)cc1)CCC3. The fourth-order valence-corrected chi connectivity index (χ4v) is 4.35. The van der Waals surface area contributed by atoms with Crippen molar-refractivity contribution in [3.8, 4) is 0 Å². The lowest BCUT2D eigenvalue weighted by molar-refractivity contribution is -0.137. The summed E-state index contributed by atoms with van der Waals surface area (Å²) in [5.74, 6) is 0. The van der Waals surface area contributed by atoms with Gasteiger partial charge in [-0.1, -0.05) is 12.1 Å². The third-order valence-corrected chi connectivity index (χ3v) is 5.53. The summed E-state index contributed by atoms with van der Waals surface area (Å²) in [6.45, 7) is 0.213. The van der Waals surface area contributed by atoms with Gasteiger partial charge in [0.05, 0.1) is 23.8 Å². The van der Waals surface area contributed by atoms with Gasteiger partial charge in [-0.3, -0.25) is 9.36 Å². The highest BCUT2D eigenvalue weighted by molar-refractivity contribution is 7.18. The van der Waals surface area contributed by atoms with Crippen molar-refractivity contribution in [2.75, 3.05) is 0 Å². The number of benzene rings is 1. The third-order valence-electron chi connectivity index (χ3n) is 4.33. The fraction of sp³-hybridized carbons (Fsp3) is 0.294. The van der Waals surface area contributed by atoms with E-state index < -0.39 is 11.7 Å². The molecule has 0 fully saturated rings. The zero-order chi connectivity index (χ0) is 16.9. The van der Waals surface area contributed by atoms with Gasteiger partial charge in [-0.2, -0.15) is 13.2 Å². The summed E-state index contributed by atoms with van der Waals surface area (Å²) in [5, 5.41) is 0.682. The number of rotatable bonds is 2. The second-order valence-corrected chi connectivity index (χ2v) is 6.99. The number of thiophene rings is 1. The molecule has 124 valence electrons. The molecular formula is C17H13F3N2OS. The molecular weight excluding hydrogens is 337 g/mol. The minimum absolute atomic E-state index is 0.112. The largest absolute Gasteiger partial charge is 0.416 e. The molecule has 0 unspecified atom stereocenters. The van der Waals surface area contributed by atoms with E-state index >= 15 is 0 Å². The van der Waals surface area contributed by atoms with E-state index in [9.17, 15) is 18.0 Å². The first-order valence-corrected chi connectivity index (χ1v) is 8.41. The van der Waals surface area contributed by atoms with E-state index in [2.05, 4.69) is 4.98 Å². The summed E-state index contributed by atoms with van der Waals surface area (Å²) < 4.78 is 39.3. The Morgan fingerprint density at radius 1 is 1.17 bits per heavy atom. The molecule has 0 N–H and O–H groups in total. The lowest BCUT2D eigenvalue weighted by Gasteiger charge is -2.09. The Bertz CT molecular complexity index is 970. The van der Waals surface area contributed by atoms with Crippen LogP contribution in [0.5, 0.6) is 0 Å². The molecule has 0 spiro atoms. The van der Waals surface area contributed by atoms with E-state index in [1.54, 1.807) is 11.3 Å². The average molecular weight is 350 g/mol. The lowest BCUT2D eigenvalue weighted by Crippen LogP contribution is -2.21. The maximum atomic E-state index is 12.7. The van der Waals surface area contributed by atoms with E-state index in [4.69, 9.17) is 0 Å². The van der Waals surface area contributed by atoms with Gasteiger partial charge >= 0.3 is 6.18 Å². The van der Waals surface area contributed by atoms with Gasteiger partial charge in [0.2, 0.25) is 0 Å². The van der Waals surface area contributed by atoms with Crippen LogP contribution in [0.25, 0.3) is 10.2 Å². The van der Waals surface area contributed by atoms with Crippen molar-refractivity contribution in [1.82, 2.24) is 9.55 Å². The minimum atomic E-state index is -4.35. The zero-order valence-electron chi connectivity index (χ0n) is 12.6. The topological polar surface area (TPSA) is 34.9 Å². The van der Waals surface area contributed by atoms with Crippen LogP contribution in [0.3, 0.4) is 0 Å². The summed E-state index contributed by atoms with van der Waals surface area (Å²) in [6.07, 6.45) is 0.0800. The van der Waals surface area contributed by atoms with Crippen LogP contribution < -0.4 is 5.56 Å². The normalized spacial score (nSPS) is 14.3. The van der Waals surface area contributed by atoms with E-state index in [1.165, 1.54) is 27.9 Å². The van der Waals surface area contributed by atoms with Gasteiger partial charge < -0.3 is 0 Å². The molecule has 0 atom stereocenters. The molecule has 7 heteroatoms. The van der Waals surface area contributed by atoms with Gasteiger partial charge in [0.1, 0.15) is 4.83 Å². The van der Waals surface area contributed by atoms with Gasteiger partial charge in [0.25, 0.3) is 5.56 Å². The van der Waals surface area contributed by atoms with Crippen molar-refractivity contribution in [3.05, 3.63) is 62.5 Å². The number of hydrogen-bond acceptors (Lipinski definition) is 3. The summed E-state index contributed by atoms with van der Waals surface area (Å²) in [6, 6.07) is 4.87. The number of aromatic nitrogens is 2. The molecule has 3 aromatic rings. The Labute approximate surface area is 139 Å². The molecule has 4 rings (SSSR count). The number of fused-ring (bicyclic) bond motifs is 3. The maximum absolute atomic E-state index is 12.7. The molecule has 1 aliphatic carbocycles. The second kappa shape index (κ2) is 5.44. The van der Waals surface area contributed by atoms with Crippen LogP contribution in [0, 0.1) is 0 Å². The average Bonchev–Trinajstić information content (AvgIpc) is 3.10. The number of aryl methyl sites for hydroxylation is 2. The molecule has 24 heavy (non-hydrogen) atoms. The van der Waals surface area contributed by atoms with E-state index in [0.29, 0.717) is 10.9 Å². The van der Waals surface area contributed by atoms with Crippen molar-refractivity contribution < 1.29 is 13.2 Å². The van der Waals surface area contributed by atoms with E-state index in [0.717, 1.165) is 41.8 Å². The molecule has 0 saturated heterocycles. The predicted molar refractivity (Wildman–Crippen MR) is 86.5 cm³/mol. The smallest absolute Gasteiger partial charge is 0.294 e. The number of halogens is 3. The Kier molecular flexibility index (Phi) is 3.49. The van der Waals surface area contributed by atoms with Crippen LogP contribution in [0.15, 0.2) is 35.4 Å². The maximum Gasteiger partial charge on any atom is 0.416 e. The first-order chi connectivity index (χ1) is 11.4. The predicted octanol–water partition coefficient (Wildman–Crippen LogP) is 4.01. The summed E-state index contributed by atoms with van der Waals surface area (Å²) in [7, 11) is 0. The first-order valence-electron chi connectivity index (χ1n) is 7.59. The van der Waals surface area contributed by atoms with Crippen molar-refractivity contribution in [1.29, 1.82) is 0 Å². The zero-order valence-corrected chi connectivity index (χ0v) is 13.4. The molecule has 0 aliphatic heterocycles. The molecule has 0 bridgehead atoms. The van der Waals surface area contributed by atoms with Crippen LogP contribution in [0.2, 0.25) is 0 Å². The van der Waals surface area contributed by atoms with Crippen molar-refractivity contribution in [2.24, 2.45) is 0 Å². The molecule has 0 radical (unpaired) electrons. The highest BCUT2D eigenvalue weighted by atomic mass is 32.1. The van der Waals surface area contributed by atoms with Crippen molar-refractivity contribution in [3.63, 3.8) is 0 Å². The van der Waals surface area contributed by atoms with Crippen LogP contribution in [0.1, 0.15) is 28.0 Å². The Balaban J connectivity index is 1.70. The second-order valence-electron chi connectivity index (χ2n) is 5.91. The van der Waals surface area contributed by atoms with Gasteiger partial charge in [-0.25, -0.2) is 4.98 Å². The molecule has 2 heterocycles. The molecule has 0 amide bonds. The van der Waals surface area contributed by atoms with Gasteiger partial charge in [0, 0.05) is 4.88 Å². The molecule has 0 saturated carbocycles. The van der Waals surface area contributed by atoms with E-state index in [-0.39, 0.29) is 12.1 Å². The van der Waals surface area contributed by atoms with Crippen LogP contribution >= 0.6 is 11.3 Å². The van der Waals surface area contributed by atoms with Crippen molar-refractivity contribution >= 4 is 21.6 Å². The summed E-state index contributed by atoms with van der Waals surface area (Å²) in [4.78, 5) is 19.1. The Morgan fingerprint density at radius 2 is 1.92 bits per heavy atom. The third kappa shape index (κ3) is 2.53. The van der Waals surface area contributed by atoms with Gasteiger partial charge in [-0.15, -0.1) is 11.3 Å². The molecule has 1 aliphatic rings. The van der Waals surface area contributed by atoms with Crippen molar-refractivity contribution in [2.45, 2.75) is 32.0 Å². The van der Waals surface area contributed by atoms with E-state index in [1.807, 2.05) is 0 Å². The highest BCUT2D eigenvalue weighted by Gasteiger charge is 2.30. The molecule has 2 aromatic heterocycles. The van der Waals surface area contributed by atoms with Gasteiger partial charge in [-0.05, 0) is 42.5 Å². The number of alkyl halides is 3. The Morgan fingerprint density at radius 3 is 2.62 bits per heavy atom. The van der Waals surface area contributed by atoms with Gasteiger partial charge in [0.15, 0.2) is 0 Å².